The Morgan fingerprint density at radius 3 is 1.69 bits per heavy atom. The van der Waals surface area contributed by atoms with E-state index in [0.29, 0.717) is 12.2 Å². The fourth-order valence-electron chi connectivity index (χ4n) is 1.60. The molecule has 1 aliphatic carbocycles. The van der Waals surface area contributed by atoms with Gasteiger partial charge < -0.3 is 4.74 Å². The molecule has 0 N–H and O–H groups in total. The van der Waals surface area contributed by atoms with Crippen molar-refractivity contribution in [2.75, 3.05) is 0 Å². The van der Waals surface area contributed by atoms with Crippen molar-refractivity contribution in [3.05, 3.63) is 36.5 Å². The minimum atomic E-state index is 0.504. The molecule has 70 valence electrons. The summed E-state index contributed by atoms with van der Waals surface area (Å²) >= 11 is 0. The van der Waals surface area contributed by atoms with Gasteiger partial charge in [0.25, 0.3) is 0 Å². The molecular formula is C12H16O. The highest BCUT2D eigenvalue weighted by molar-refractivity contribution is 5.03. The second-order valence-electron chi connectivity index (χ2n) is 3.57. The molecule has 2 atom stereocenters. The Kier molecular flexibility index (Phi) is 2.98. The fourth-order valence-corrected chi connectivity index (χ4v) is 1.60. The Hall–Kier alpha value is -0.820. The van der Waals surface area contributed by atoms with Gasteiger partial charge in [-0.05, 0) is 25.7 Å². The van der Waals surface area contributed by atoms with Crippen LogP contribution in [0.2, 0.25) is 0 Å². The van der Waals surface area contributed by atoms with Crippen molar-refractivity contribution in [3.63, 3.8) is 0 Å². The van der Waals surface area contributed by atoms with E-state index in [1.807, 2.05) is 0 Å². The van der Waals surface area contributed by atoms with Gasteiger partial charge in [-0.1, -0.05) is 36.5 Å². The number of hydrogen-bond acceptors (Lipinski definition) is 1. The fraction of sp³-hybridized carbons (Fsp3) is 0.500. The first kappa shape index (κ1) is 8.76. The highest BCUT2D eigenvalue weighted by Gasteiger charge is 2.35. The molecule has 0 spiro atoms. The topological polar surface area (TPSA) is 12.5 Å². The summed E-state index contributed by atoms with van der Waals surface area (Å²) in [6.07, 6.45) is 18.7. The Labute approximate surface area is 79.8 Å². The smallest absolute Gasteiger partial charge is 0.0879 e. The lowest BCUT2D eigenvalue weighted by Gasteiger charge is -1.89. The van der Waals surface area contributed by atoms with Crippen LogP contribution in [-0.4, -0.2) is 12.2 Å². The first-order chi connectivity index (χ1) is 6.47. The van der Waals surface area contributed by atoms with Gasteiger partial charge in [0.15, 0.2) is 0 Å². The second-order valence-corrected chi connectivity index (χ2v) is 3.57. The van der Waals surface area contributed by atoms with Crippen LogP contribution in [-0.2, 0) is 4.74 Å². The second kappa shape index (κ2) is 4.43. The molecule has 0 radical (unpaired) electrons. The number of hydrogen-bond donors (Lipinski definition) is 0. The van der Waals surface area contributed by atoms with Crippen LogP contribution < -0.4 is 0 Å². The molecule has 2 rings (SSSR count). The van der Waals surface area contributed by atoms with Gasteiger partial charge in [-0.15, -0.1) is 0 Å². The third-order valence-electron chi connectivity index (χ3n) is 2.47. The normalized spacial score (nSPS) is 40.6. The van der Waals surface area contributed by atoms with Gasteiger partial charge in [-0.3, -0.25) is 0 Å². The Morgan fingerprint density at radius 1 is 0.692 bits per heavy atom. The molecule has 0 aromatic rings. The van der Waals surface area contributed by atoms with E-state index in [-0.39, 0.29) is 0 Å². The number of ether oxygens (including phenoxy) is 1. The standard InChI is InChI=1S/C12H16O/c1-2-4-6-8-10-12-11(13-12)9-7-5-3-1/h1-2,5-8,11-12H,3-4,9-10H2/b2-1-,7-5-,8-6-. The highest BCUT2D eigenvalue weighted by Crippen LogP contribution is 2.29. The summed E-state index contributed by atoms with van der Waals surface area (Å²) in [6.45, 7) is 0. The molecule has 2 aliphatic rings. The molecule has 0 saturated carbocycles. The zero-order chi connectivity index (χ0) is 8.93. The molecule has 1 saturated heterocycles. The maximum Gasteiger partial charge on any atom is 0.0879 e. The van der Waals surface area contributed by atoms with E-state index in [0.717, 1.165) is 25.7 Å². The first-order valence-corrected chi connectivity index (χ1v) is 5.07. The van der Waals surface area contributed by atoms with E-state index in [1.54, 1.807) is 0 Å². The van der Waals surface area contributed by atoms with E-state index >= 15 is 0 Å². The SMILES string of the molecule is C1=C\C/C=C\CC2OC2C/C=C\C/1. The summed E-state index contributed by atoms with van der Waals surface area (Å²) in [5.74, 6) is 0. The Balaban J connectivity index is 1.88. The van der Waals surface area contributed by atoms with Crippen LogP contribution in [0.4, 0.5) is 0 Å². The zero-order valence-electron chi connectivity index (χ0n) is 7.86. The molecular weight excluding hydrogens is 160 g/mol. The molecule has 0 bridgehead atoms. The Morgan fingerprint density at radius 2 is 1.15 bits per heavy atom. The maximum atomic E-state index is 5.51. The predicted molar refractivity (Wildman–Crippen MR) is 54.5 cm³/mol. The van der Waals surface area contributed by atoms with Crippen LogP contribution in [0, 0.1) is 0 Å². The molecule has 1 fully saturated rings. The van der Waals surface area contributed by atoms with Crippen LogP contribution in [0.15, 0.2) is 36.5 Å². The average molecular weight is 176 g/mol. The monoisotopic (exact) mass is 176 g/mol. The summed E-state index contributed by atoms with van der Waals surface area (Å²) in [6, 6.07) is 0. The van der Waals surface area contributed by atoms with Gasteiger partial charge in [-0.2, -0.15) is 0 Å². The molecule has 13 heavy (non-hydrogen) atoms. The average Bonchev–Trinajstić information content (AvgIpc) is 2.83. The van der Waals surface area contributed by atoms with E-state index < -0.39 is 0 Å². The van der Waals surface area contributed by atoms with Crippen molar-refractivity contribution < 1.29 is 4.74 Å². The minimum Gasteiger partial charge on any atom is -0.369 e. The van der Waals surface area contributed by atoms with Crippen LogP contribution >= 0.6 is 0 Å². The molecule has 0 aromatic heterocycles. The molecule has 2 unspecified atom stereocenters. The maximum absolute atomic E-state index is 5.51. The van der Waals surface area contributed by atoms with Gasteiger partial charge in [0.05, 0.1) is 12.2 Å². The van der Waals surface area contributed by atoms with Gasteiger partial charge in [0, 0.05) is 0 Å². The van der Waals surface area contributed by atoms with Crippen LogP contribution in [0.1, 0.15) is 25.7 Å². The largest absolute Gasteiger partial charge is 0.369 e. The van der Waals surface area contributed by atoms with Crippen molar-refractivity contribution >= 4 is 0 Å². The number of rotatable bonds is 0. The van der Waals surface area contributed by atoms with Crippen LogP contribution in [0.5, 0.6) is 0 Å². The summed E-state index contributed by atoms with van der Waals surface area (Å²) in [5.41, 5.74) is 0. The van der Waals surface area contributed by atoms with Crippen molar-refractivity contribution in [2.24, 2.45) is 0 Å². The van der Waals surface area contributed by atoms with E-state index in [9.17, 15) is 0 Å². The third kappa shape index (κ3) is 2.85. The van der Waals surface area contributed by atoms with Gasteiger partial charge in [-0.25, -0.2) is 0 Å². The number of epoxide rings is 1. The molecule has 1 heterocycles. The zero-order valence-corrected chi connectivity index (χ0v) is 7.86. The summed E-state index contributed by atoms with van der Waals surface area (Å²) < 4.78 is 5.51. The van der Waals surface area contributed by atoms with Crippen LogP contribution in [0.25, 0.3) is 0 Å². The first-order valence-electron chi connectivity index (χ1n) is 5.07. The molecule has 1 aliphatic heterocycles. The summed E-state index contributed by atoms with van der Waals surface area (Å²) in [7, 11) is 0. The van der Waals surface area contributed by atoms with Gasteiger partial charge in [0.2, 0.25) is 0 Å². The molecule has 0 amide bonds. The van der Waals surface area contributed by atoms with Crippen molar-refractivity contribution in [2.45, 2.75) is 37.9 Å². The van der Waals surface area contributed by atoms with Crippen LogP contribution in [0.3, 0.4) is 0 Å². The minimum absolute atomic E-state index is 0.504. The number of fused-ring (bicyclic) bond motifs is 1. The molecule has 1 heteroatoms. The predicted octanol–water partition coefficient (Wildman–Crippen LogP) is 3.00. The van der Waals surface area contributed by atoms with E-state index in [4.69, 9.17) is 4.74 Å². The van der Waals surface area contributed by atoms with Crippen molar-refractivity contribution in [1.29, 1.82) is 0 Å². The third-order valence-corrected chi connectivity index (χ3v) is 2.47. The highest BCUT2D eigenvalue weighted by atomic mass is 16.6. The lowest BCUT2D eigenvalue weighted by molar-refractivity contribution is 0.372. The van der Waals surface area contributed by atoms with E-state index in [1.165, 1.54) is 0 Å². The Bertz CT molecular complexity index is 214. The summed E-state index contributed by atoms with van der Waals surface area (Å²) in [4.78, 5) is 0. The van der Waals surface area contributed by atoms with E-state index in [2.05, 4.69) is 36.5 Å². The lowest BCUT2D eigenvalue weighted by atomic mass is 10.1. The molecule has 0 aromatic carbocycles. The molecule has 1 nitrogen and oxygen atoms in total. The lowest BCUT2D eigenvalue weighted by Crippen LogP contribution is -1.90. The van der Waals surface area contributed by atoms with Gasteiger partial charge in [0.1, 0.15) is 0 Å². The summed E-state index contributed by atoms with van der Waals surface area (Å²) in [5, 5.41) is 0. The van der Waals surface area contributed by atoms with Gasteiger partial charge >= 0.3 is 0 Å². The van der Waals surface area contributed by atoms with Crippen molar-refractivity contribution in [1.82, 2.24) is 0 Å². The number of allylic oxidation sites excluding steroid dienone is 4. The van der Waals surface area contributed by atoms with Crippen molar-refractivity contribution in [3.8, 4) is 0 Å². The quantitative estimate of drug-likeness (QED) is 0.408.